The molecular weight excluding hydrogens is 539 g/mol. The summed E-state index contributed by atoms with van der Waals surface area (Å²) < 4.78 is 76.9. The number of hydrogen-bond acceptors (Lipinski definition) is 7. The number of aryl methyl sites for hydroxylation is 2. The van der Waals surface area contributed by atoms with Gasteiger partial charge < -0.3 is 14.3 Å². The summed E-state index contributed by atoms with van der Waals surface area (Å²) in [5.41, 5.74) is 0.594. The number of rotatable bonds is 9. The highest BCUT2D eigenvalue weighted by Gasteiger charge is 2.30. The number of oxazole rings is 1. The zero-order valence-corrected chi connectivity index (χ0v) is 21.4. The van der Waals surface area contributed by atoms with Gasteiger partial charge in [-0.1, -0.05) is 6.07 Å². The number of hydrogen-bond donors (Lipinski definition) is 2. The lowest BCUT2D eigenvalue weighted by Gasteiger charge is -2.08. The fourth-order valence-corrected chi connectivity index (χ4v) is 4.62. The molecule has 2 heterocycles. The fraction of sp³-hybridized carbons (Fsp3) is 0.192. The highest BCUT2D eigenvalue weighted by Crippen LogP contribution is 2.31. The molecule has 0 aliphatic heterocycles. The van der Waals surface area contributed by atoms with Gasteiger partial charge in [0.25, 0.3) is 0 Å². The SMILES string of the molecule is Cc1ccc(S(=O)(=O)NCCc2nc(-c3ccc(Oc4ccc(C(F)(F)F)cn4)cc3)oc2C)cc1C(=O)O. The van der Waals surface area contributed by atoms with Crippen molar-refractivity contribution in [1.29, 1.82) is 0 Å². The molecule has 0 saturated heterocycles. The number of alkyl halides is 3. The number of sulfonamides is 1. The summed E-state index contributed by atoms with van der Waals surface area (Å²) in [7, 11) is -3.95. The van der Waals surface area contributed by atoms with Gasteiger partial charge in [0.15, 0.2) is 0 Å². The zero-order chi connectivity index (χ0) is 28.4. The molecule has 0 radical (unpaired) electrons. The summed E-state index contributed by atoms with van der Waals surface area (Å²) >= 11 is 0. The summed E-state index contributed by atoms with van der Waals surface area (Å²) in [5.74, 6) is -0.106. The Labute approximate surface area is 221 Å². The molecule has 0 aliphatic carbocycles. The molecule has 0 saturated carbocycles. The van der Waals surface area contributed by atoms with Crippen molar-refractivity contribution in [1.82, 2.24) is 14.7 Å². The number of pyridine rings is 1. The second-order valence-electron chi connectivity index (χ2n) is 8.46. The third-order valence-electron chi connectivity index (χ3n) is 5.68. The minimum absolute atomic E-state index is 0.00165. The van der Waals surface area contributed by atoms with E-state index < -0.39 is 27.7 Å². The van der Waals surface area contributed by atoms with Crippen molar-refractivity contribution >= 4 is 16.0 Å². The van der Waals surface area contributed by atoms with Crippen molar-refractivity contribution < 1.29 is 40.6 Å². The molecule has 0 spiro atoms. The van der Waals surface area contributed by atoms with Gasteiger partial charge in [0.05, 0.1) is 21.7 Å². The Morgan fingerprint density at radius 2 is 1.79 bits per heavy atom. The third kappa shape index (κ3) is 6.62. The van der Waals surface area contributed by atoms with E-state index >= 15 is 0 Å². The van der Waals surface area contributed by atoms with E-state index in [1.807, 2.05) is 0 Å². The van der Waals surface area contributed by atoms with Crippen LogP contribution in [-0.4, -0.2) is 36.0 Å². The number of nitrogens with one attached hydrogen (secondary N) is 1. The first-order valence-electron chi connectivity index (χ1n) is 11.4. The lowest BCUT2D eigenvalue weighted by molar-refractivity contribution is -0.137. The van der Waals surface area contributed by atoms with Crippen molar-refractivity contribution in [2.75, 3.05) is 6.54 Å². The fourth-order valence-electron chi connectivity index (χ4n) is 3.56. The van der Waals surface area contributed by atoms with Gasteiger partial charge in [-0.25, -0.2) is 27.9 Å². The number of aromatic nitrogens is 2. The molecule has 0 atom stereocenters. The van der Waals surface area contributed by atoms with Gasteiger partial charge in [0.2, 0.25) is 21.8 Å². The van der Waals surface area contributed by atoms with Crippen molar-refractivity contribution in [3.63, 3.8) is 0 Å². The van der Waals surface area contributed by atoms with Crippen LogP contribution in [0.3, 0.4) is 0 Å². The van der Waals surface area contributed by atoms with Crippen LogP contribution < -0.4 is 9.46 Å². The Morgan fingerprint density at radius 1 is 1.08 bits per heavy atom. The lowest BCUT2D eigenvalue weighted by Crippen LogP contribution is -2.26. The van der Waals surface area contributed by atoms with Crippen LogP contribution in [0.4, 0.5) is 13.2 Å². The first-order valence-corrected chi connectivity index (χ1v) is 12.9. The predicted octanol–water partition coefficient (Wildman–Crippen LogP) is 5.38. The molecule has 0 amide bonds. The average molecular weight is 562 g/mol. The Hall–Kier alpha value is -4.23. The summed E-state index contributed by atoms with van der Waals surface area (Å²) in [5, 5.41) is 9.24. The van der Waals surface area contributed by atoms with Gasteiger partial charge >= 0.3 is 12.1 Å². The van der Waals surface area contributed by atoms with Gasteiger partial charge in [-0.05, 0) is 61.9 Å². The smallest absolute Gasteiger partial charge is 0.417 e. The molecule has 204 valence electrons. The molecule has 4 aromatic rings. The molecule has 0 fully saturated rings. The first-order chi connectivity index (χ1) is 18.3. The molecule has 9 nitrogen and oxygen atoms in total. The highest BCUT2D eigenvalue weighted by atomic mass is 32.2. The molecule has 0 aliphatic rings. The van der Waals surface area contributed by atoms with Crippen LogP contribution in [0.1, 0.15) is 32.9 Å². The quantitative estimate of drug-likeness (QED) is 0.278. The van der Waals surface area contributed by atoms with Crippen LogP contribution in [0, 0.1) is 13.8 Å². The monoisotopic (exact) mass is 561 g/mol. The molecule has 2 aromatic heterocycles. The topological polar surface area (TPSA) is 132 Å². The van der Waals surface area contributed by atoms with Gasteiger partial charge in [0, 0.05) is 30.8 Å². The molecule has 0 bridgehead atoms. The van der Waals surface area contributed by atoms with Crippen molar-refractivity contribution in [2.45, 2.75) is 31.3 Å². The maximum atomic E-state index is 12.7. The van der Waals surface area contributed by atoms with E-state index in [-0.39, 0.29) is 35.2 Å². The lowest BCUT2D eigenvalue weighted by atomic mass is 10.1. The van der Waals surface area contributed by atoms with Crippen LogP contribution in [0.2, 0.25) is 0 Å². The second kappa shape index (κ2) is 10.9. The first kappa shape index (κ1) is 27.8. The largest absolute Gasteiger partial charge is 0.478 e. The Morgan fingerprint density at radius 3 is 2.41 bits per heavy atom. The highest BCUT2D eigenvalue weighted by molar-refractivity contribution is 7.89. The van der Waals surface area contributed by atoms with Crippen molar-refractivity contribution in [2.24, 2.45) is 0 Å². The number of carboxylic acid groups (broad SMARTS) is 1. The normalized spacial score (nSPS) is 11.9. The van der Waals surface area contributed by atoms with E-state index in [1.165, 1.54) is 12.1 Å². The van der Waals surface area contributed by atoms with Crippen LogP contribution in [0.25, 0.3) is 11.5 Å². The second-order valence-corrected chi connectivity index (χ2v) is 10.2. The predicted molar refractivity (Wildman–Crippen MR) is 133 cm³/mol. The maximum absolute atomic E-state index is 12.7. The number of halogens is 3. The standard InChI is InChI=1S/C26H22F3N3O6S/c1-15-3-9-20(13-21(15)25(33)34)39(35,36)31-12-11-22-16(2)37-24(32-22)17-4-7-19(8-5-17)38-23-10-6-18(14-30-23)26(27,28)29/h3-10,13-14,31H,11-12H2,1-2H3,(H,33,34). The van der Waals surface area contributed by atoms with E-state index in [2.05, 4.69) is 14.7 Å². The van der Waals surface area contributed by atoms with E-state index in [0.717, 1.165) is 18.2 Å². The van der Waals surface area contributed by atoms with Gasteiger partial charge in [-0.15, -0.1) is 0 Å². The van der Waals surface area contributed by atoms with E-state index in [4.69, 9.17) is 9.15 Å². The summed E-state index contributed by atoms with van der Waals surface area (Å²) in [6.45, 7) is 3.26. The average Bonchev–Trinajstić information content (AvgIpc) is 3.24. The molecule has 2 aromatic carbocycles. The van der Waals surface area contributed by atoms with Gasteiger partial charge in [-0.3, -0.25) is 0 Å². The van der Waals surface area contributed by atoms with Crippen LogP contribution in [0.5, 0.6) is 11.6 Å². The van der Waals surface area contributed by atoms with Crippen LogP contribution >= 0.6 is 0 Å². The van der Waals surface area contributed by atoms with Gasteiger partial charge in [-0.2, -0.15) is 13.2 Å². The van der Waals surface area contributed by atoms with E-state index in [0.29, 0.717) is 34.5 Å². The Bertz CT molecular complexity index is 1600. The summed E-state index contributed by atoms with van der Waals surface area (Å²) in [6, 6.07) is 12.3. The molecule has 39 heavy (non-hydrogen) atoms. The molecule has 4 rings (SSSR count). The maximum Gasteiger partial charge on any atom is 0.417 e. The zero-order valence-electron chi connectivity index (χ0n) is 20.6. The number of nitrogens with zero attached hydrogens (tertiary/aromatic N) is 2. The minimum Gasteiger partial charge on any atom is -0.478 e. The number of carboxylic acids is 1. The van der Waals surface area contributed by atoms with Gasteiger partial charge in [0.1, 0.15) is 11.5 Å². The van der Waals surface area contributed by atoms with Crippen LogP contribution in [0.15, 0.2) is 70.1 Å². The van der Waals surface area contributed by atoms with Crippen molar-refractivity contribution in [3.05, 3.63) is 88.9 Å². The number of carbonyl (C=O) groups is 1. The Kier molecular flexibility index (Phi) is 7.74. The summed E-state index contributed by atoms with van der Waals surface area (Å²) in [6.07, 6.45) is -3.58. The molecule has 13 heteroatoms. The third-order valence-corrected chi connectivity index (χ3v) is 7.14. The van der Waals surface area contributed by atoms with E-state index in [9.17, 15) is 31.5 Å². The Balaban J connectivity index is 1.38. The number of ether oxygens (including phenoxy) is 1. The summed E-state index contributed by atoms with van der Waals surface area (Å²) in [4.78, 5) is 19.3. The van der Waals surface area contributed by atoms with Crippen LogP contribution in [-0.2, 0) is 22.6 Å². The molecule has 2 N–H and O–H groups in total. The number of aromatic carboxylic acids is 1. The van der Waals surface area contributed by atoms with E-state index in [1.54, 1.807) is 38.1 Å². The number of benzene rings is 2. The molecule has 0 unspecified atom stereocenters. The van der Waals surface area contributed by atoms with Crippen molar-refractivity contribution in [3.8, 4) is 23.1 Å². The minimum atomic E-state index is -4.49. The molecular formula is C26H22F3N3O6S.